The van der Waals surface area contributed by atoms with Crippen molar-refractivity contribution < 1.29 is 26.7 Å². The topological polar surface area (TPSA) is 27.7 Å². The first-order chi connectivity index (χ1) is 8.78. The minimum atomic E-state index is -4.46. The van der Waals surface area contributed by atoms with Crippen LogP contribution in [0.15, 0.2) is 24.3 Å². The first-order valence-electron chi connectivity index (χ1n) is 5.68. The maximum atomic E-state index is 12.8. The van der Waals surface area contributed by atoms with Gasteiger partial charge >= 0.3 is 14.8 Å². The van der Waals surface area contributed by atoms with E-state index in [0.717, 1.165) is 6.07 Å². The van der Waals surface area contributed by atoms with Gasteiger partial charge in [-0.15, -0.1) is 0 Å². The van der Waals surface area contributed by atoms with E-state index in [1.807, 2.05) is 13.8 Å². The standard InChI is InChI=1S/C12H14F3O3P/c1-11(2)7-16-19(17-8-11)18-10-6-4-3-5-9(10)12(13,14)15/h3-6H,7-8H2,1-2H3. The molecular formula is C12H14F3O3P. The quantitative estimate of drug-likeness (QED) is 0.757. The molecule has 0 aromatic heterocycles. The molecule has 0 spiro atoms. The predicted octanol–water partition coefficient (Wildman–Crippen LogP) is 4.38. The Bertz CT molecular complexity index is 438. The molecule has 0 radical (unpaired) electrons. The first-order valence-corrected chi connectivity index (χ1v) is 6.78. The van der Waals surface area contributed by atoms with Crippen LogP contribution in [0.2, 0.25) is 0 Å². The van der Waals surface area contributed by atoms with Crippen LogP contribution in [0.1, 0.15) is 19.4 Å². The zero-order valence-corrected chi connectivity index (χ0v) is 11.4. The molecule has 0 atom stereocenters. The lowest BCUT2D eigenvalue weighted by Gasteiger charge is -2.32. The second-order valence-corrected chi connectivity index (χ2v) is 6.17. The van der Waals surface area contributed by atoms with Crippen LogP contribution >= 0.6 is 8.60 Å². The Morgan fingerprint density at radius 1 is 1.16 bits per heavy atom. The van der Waals surface area contributed by atoms with Gasteiger partial charge in [0.15, 0.2) is 0 Å². The Hall–Kier alpha value is -0.840. The van der Waals surface area contributed by atoms with Crippen LogP contribution in [0.25, 0.3) is 0 Å². The van der Waals surface area contributed by atoms with Crippen LogP contribution in [0.5, 0.6) is 5.75 Å². The van der Waals surface area contributed by atoms with Crippen molar-refractivity contribution >= 4 is 8.60 Å². The minimum Gasteiger partial charge on any atom is -0.426 e. The molecule has 1 heterocycles. The van der Waals surface area contributed by atoms with Gasteiger partial charge in [-0.2, -0.15) is 13.2 Å². The SMILES string of the molecule is CC1(C)COP(Oc2ccccc2C(F)(F)F)OC1. The average Bonchev–Trinajstić information content (AvgIpc) is 2.31. The molecule has 7 heteroatoms. The summed E-state index contributed by atoms with van der Waals surface area (Å²) in [6.07, 6.45) is -4.46. The van der Waals surface area contributed by atoms with Gasteiger partial charge in [-0.05, 0) is 12.1 Å². The van der Waals surface area contributed by atoms with E-state index in [-0.39, 0.29) is 11.2 Å². The van der Waals surface area contributed by atoms with E-state index in [4.69, 9.17) is 13.6 Å². The minimum absolute atomic E-state index is 0.147. The number of hydrogen-bond acceptors (Lipinski definition) is 3. The molecule has 0 unspecified atom stereocenters. The number of rotatable bonds is 2. The molecule has 1 aliphatic rings. The molecule has 1 aromatic rings. The number of halogens is 3. The van der Waals surface area contributed by atoms with Crippen molar-refractivity contribution in [3.05, 3.63) is 29.8 Å². The lowest BCUT2D eigenvalue weighted by molar-refractivity contribution is -0.138. The zero-order valence-electron chi connectivity index (χ0n) is 10.5. The summed E-state index contributed by atoms with van der Waals surface area (Å²) >= 11 is 0. The molecule has 3 nitrogen and oxygen atoms in total. The second-order valence-electron chi connectivity index (χ2n) is 5.02. The average molecular weight is 294 g/mol. The Morgan fingerprint density at radius 2 is 1.74 bits per heavy atom. The third-order valence-corrected chi connectivity index (χ3v) is 3.51. The molecule has 0 saturated carbocycles. The highest BCUT2D eigenvalue weighted by molar-refractivity contribution is 7.42. The Balaban J connectivity index is 2.08. The van der Waals surface area contributed by atoms with Crippen molar-refractivity contribution in [2.45, 2.75) is 20.0 Å². The molecule has 0 bridgehead atoms. The van der Waals surface area contributed by atoms with Gasteiger partial charge in [0.05, 0.1) is 18.8 Å². The van der Waals surface area contributed by atoms with Gasteiger partial charge < -0.3 is 13.6 Å². The first kappa shape index (κ1) is 14.6. The summed E-state index contributed by atoms with van der Waals surface area (Å²) < 4.78 is 54.2. The van der Waals surface area contributed by atoms with Gasteiger partial charge in [0.25, 0.3) is 0 Å². The van der Waals surface area contributed by atoms with Crippen LogP contribution in [-0.4, -0.2) is 13.2 Å². The summed E-state index contributed by atoms with van der Waals surface area (Å²) in [4.78, 5) is 0. The van der Waals surface area contributed by atoms with Gasteiger partial charge in [0, 0.05) is 5.41 Å². The van der Waals surface area contributed by atoms with Gasteiger partial charge in [0.1, 0.15) is 5.75 Å². The van der Waals surface area contributed by atoms with Crippen molar-refractivity contribution in [1.29, 1.82) is 0 Å². The fourth-order valence-corrected chi connectivity index (χ4v) is 2.86. The molecule has 106 valence electrons. The smallest absolute Gasteiger partial charge is 0.419 e. The van der Waals surface area contributed by atoms with E-state index in [1.165, 1.54) is 18.2 Å². The highest BCUT2D eigenvalue weighted by Gasteiger charge is 2.37. The van der Waals surface area contributed by atoms with Crippen LogP contribution in [0, 0.1) is 5.41 Å². The molecule has 1 fully saturated rings. The molecule has 1 saturated heterocycles. The molecular weight excluding hydrogens is 280 g/mol. The summed E-state index contributed by atoms with van der Waals surface area (Å²) in [5.74, 6) is -0.263. The van der Waals surface area contributed by atoms with E-state index in [0.29, 0.717) is 13.2 Å². The number of alkyl halides is 3. The van der Waals surface area contributed by atoms with Crippen LogP contribution < -0.4 is 4.52 Å². The lowest BCUT2D eigenvalue weighted by Crippen LogP contribution is -2.29. The highest BCUT2D eigenvalue weighted by atomic mass is 31.2. The van der Waals surface area contributed by atoms with Crippen molar-refractivity contribution in [2.75, 3.05) is 13.2 Å². The number of benzene rings is 1. The van der Waals surface area contributed by atoms with Gasteiger partial charge in [-0.3, -0.25) is 0 Å². The Kier molecular flexibility index (Phi) is 4.04. The van der Waals surface area contributed by atoms with Crippen molar-refractivity contribution in [3.63, 3.8) is 0 Å². The summed E-state index contributed by atoms with van der Waals surface area (Å²) in [5, 5.41) is 0. The molecule has 0 amide bonds. The third kappa shape index (κ3) is 3.81. The summed E-state index contributed by atoms with van der Waals surface area (Å²) in [7, 11) is -1.77. The van der Waals surface area contributed by atoms with Crippen molar-refractivity contribution in [1.82, 2.24) is 0 Å². The van der Waals surface area contributed by atoms with Crippen LogP contribution in [-0.2, 0) is 15.2 Å². The lowest BCUT2D eigenvalue weighted by atomic mass is 9.97. The Labute approximate surface area is 110 Å². The van der Waals surface area contributed by atoms with Crippen LogP contribution in [0.3, 0.4) is 0 Å². The monoisotopic (exact) mass is 294 g/mol. The van der Waals surface area contributed by atoms with Gasteiger partial charge in [0.2, 0.25) is 0 Å². The largest absolute Gasteiger partial charge is 0.426 e. The van der Waals surface area contributed by atoms with Gasteiger partial charge in [-0.25, -0.2) is 0 Å². The normalized spacial score (nSPS) is 20.3. The van der Waals surface area contributed by atoms with Crippen molar-refractivity contribution in [3.8, 4) is 5.75 Å². The molecule has 1 aliphatic heterocycles. The zero-order chi connectivity index (χ0) is 14.1. The van der Waals surface area contributed by atoms with E-state index in [2.05, 4.69) is 0 Å². The number of hydrogen-bond donors (Lipinski definition) is 0. The summed E-state index contributed by atoms with van der Waals surface area (Å²) in [6.45, 7) is 4.69. The van der Waals surface area contributed by atoms with E-state index < -0.39 is 20.3 Å². The Morgan fingerprint density at radius 3 is 2.32 bits per heavy atom. The predicted molar refractivity (Wildman–Crippen MR) is 64.7 cm³/mol. The van der Waals surface area contributed by atoms with E-state index in [1.54, 1.807) is 0 Å². The summed E-state index contributed by atoms with van der Waals surface area (Å²) in [6, 6.07) is 5.03. The molecule has 19 heavy (non-hydrogen) atoms. The maximum Gasteiger partial charge on any atom is 0.419 e. The van der Waals surface area contributed by atoms with Gasteiger partial charge in [-0.1, -0.05) is 26.0 Å². The molecule has 0 N–H and O–H groups in total. The molecule has 2 rings (SSSR count). The maximum absolute atomic E-state index is 12.8. The van der Waals surface area contributed by atoms with E-state index in [9.17, 15) is 13.2 Å². The fraction of sp³-hybridized carbons (Fsp3) is 0.500. The fourth-order valence-electron chi connectivity index (χ4n) is 1.45. The molecule has 0 aliphatic carbocycles. The summed E-state index contributed by atoms with van der Waals surface area (Å²) in [5.41, 5.74) is -0.972. The second kappa shape index (κ2) is 5.27. The highest BCUT2D eigenvalue weighted by Crippen LogP contribution is 2.49. The van der Waals surface area contributed by atoms with Crippen molar-refractivity contribution in [2.24, 2.45) is 5.41 Å². The van der Waals surface area contributed by atoms with Crippen LogP contribution in [0.4, 0.5) is 13.2 Å². The third-order valence-electron chi connectivity index (χ3n) is 2.49. The number of para-hydroxylation sites is 1. The van der Waals surface area contributed by atoms with E-state index >= 15 is 0 Å². The molecule has 1 aromatic carbocycles.